The van der Waals surface area contributed by atoms with Crippen LogP contribution in [0.2, 0.25) is 0 Å². The number of hydrogen-bond acceptors (Lipinski definition) is 4. The smallest absolute Gasteiger partial charge is 0.410 e. The second-order valence-corrected chi connectivity index (χ2v) is 11.0. The molecule has 5 fully saturated rings. The van der Waals surface area contributed by atoms with E-state index in [4.69, 9.17) is 4.74 Å². The Labute approximate surface area is 187 Å². The van der Waals surface area contributed by atoms with Crippen molar-refractivity contribution in [2.45, 2.75) is 70.6 Å². The molecule has 0 N–H and O–H groups in total. The fraction of sp³-hybridized carbons (Fsp3) is 0.680. The minimum absolute atomic E-state index is 0. The van der Waals surface area contributed by atoms with Crippen molar-refractivity contribution in [2.24, 2.45) is 11.8 Å². The number of likely N-dealkylation sites (tertiary alicyclic amines) is 1. The van der Waals surface area contributed by atoms with E-state index in [0.717, 1.165) is 37.3 Å². The van der Waals surface area contributed by atoms with Gasteiger partial charge in [0.2, 0.25) is 0 Å². The third-order valence-corrected chi connectivity index (χ3v) is 7.53. The van der Waals surface area contributed by atoms with E-state index in [9.17, 15) is 9.59 Å². The number of ether oxygens (including phenoxy) is 1. The Balaban J connectivity index is 0.00000245. The van der Waals surface area contributed by atoms with Gasteiger partial charge >= 0.3 is 6.09 Å². The molecular formula is C25H37N3O3. The molecule has 1 aromatic carbocycles. The number of piperazine rings is 1. The maximum absolute atomic E-state index is 13.1. The molecule has 1 aromatic rings. The van der Waals surface area contributed by atoms with E-state index in [2.05, 4.69) is 21.9 Å². The highest BCUT2D eigenvalue weighted by atomic mass is 16.6. The third kappa shape index (κ3) is 4.13. The summed E-state index contributed by atoms with van der Waals surface area (Å²) in [7, 11) is 0. The average Bonchev–Trinajstić information content (AvgIpc) is 3.21. The van der Waals surface area contributed by atoms with Gasteiger partial charge in [-0.15, -0.1) is 0 Å². The van der Waals surface area contributed by atoms with Gasteiger partial charge in [0.1, 0.15) is 5.60 Å². The number of carbonyl (C=O) groups is 2. The highest BCUT2D eigenvalue weighted by Crippen LogP contribution is 2.36. The van der Waals surface area contributed by atoms with Crippen LogP contribution in [0.3, 0.4) is 0 Å². The molecule has 5 aliphatic rings. The Morgan fingerprint density at radius 2 is 1.52 bits per heavy atom. The van der Waals surface area contributed by atoms with Crippen molar-refractivity contribution in [3.05, 3.63) is 29.8 Å². The fourth-order valence-corrected chi connectivity index (χ4v) is 5.97. The largest absolute Gasteiger partial charge is 0.444 e. The number of fused-ring (bicyclic) bond motifs is 6. The van der Waals surface area contributed by atoms with Crippen molar-refractivity contribution >= 4 is 17.7 Å². The summed E-state index contributed by atoms with van der Waals surface area (Å²) in [5.74, 6) is 1.56. The first-order valence-corrected chi connectivity index (χ1v) is 11.9. The molecular weight excluding hydrogens is 390 g/mol. The number of rotatable bonds is 2. The topological polar surface area (TPSA) is 53.1 Å². The SMILES string of the molecule is CC(C)(C)OC(=O)N1C[C@@H]2CC1CN2c1ccc(C(=O)N2CC3CCC(CC3)C2)cc1.[HH]. The second-order valence-electron chi connectivity index (χ2n) is 11.0. The average molecular weight is 428 g/mol. The summed E-state index contributed by atoms with van der Waals surface area (Å²) in [5.41, 5.74) is 1.47. The van der Waals surface area contributed by atoms with Crippen molar-refractivity contribution in [1.29, 1.82) is 0 Å². The molecule has 4 bridgehead atoms. The van der Waals surface area contributed by atoms with Gasteiger partial charge in [-0.05, 0) is 89.0 Å². The Morgan fingerprint density at radius 3 is 2.03 bits per heavy atom. The van der Waals surface area contributed by atoms with Crippen LogP contribution in [0, 0.1) is 11.8 Å². The van der Waals surface area contributed by atoms with Gasteiger partial charge in [-0.3, -0.25) is 4.79 Å². The molecule has 1 unspecified atom stereocenters. The van der Waals surface area contributed by atoms with E-state index < -0.39 is 5.60 Å². The quantitative estimate of drug-likeness (QED) is 0.702. The number of hydrogen-bond donors (Lipinski definition) is 0. The molecule has 2 amide bonds. The molecule has 170 valence electrons. The first kappa shape index (κ1) is 20.7. The van der Waals surface area contributed by atoms with Crippen molar-refractivity contribution in [3.8, 4) is 0 Å². The molecule has 1 aliphatic carbocycles. The van der Waals surface area contributed by atoms with Crippen LogP contribution in [0.4, 0.5) is 10.5 Å². The Bertz CT molecular complexity index is 831. The summed E-state index contributed by atoms with van der Waals surface area (Å²) in [6.45, 7) is 9.10. The fourth-order valence-electron chi connectivity index (χ4n) is 5.97. The van der Waals surface area contributed by atoms with Crippen LogP contribution in [0.5, 0.6) is 0 Å². The number of carbonyl (C=O) groups excluding carboxylic acids is 2. The highest BCUT2D eigenvalue weighted by molar-refractivity contribution is 5.94. The van der Waals surface area contributed by atoms with Gasteiger partial charge in [-0.25, -0.2) is 4.79 Å². The Morgan fingerprint density at radius 1 is 0.903 bits per heavy atom. The zero-order valence-corrected chi connectivity index (χ0v) is 19.0. The molecule has 4 heterocycles. The first-order chi connectivity index (χ1) is 14.8. The molecule has 2 atom stereocenters. The lowest BCUT2D eigenvalue weighted by Crippen LogP contribution is -2.50. The maximum Gasteiger partial charge on any atom is 0.410 e. The van der Waals surface area contributed by atoms with E-state index in [1.54, 1.807) is 0 Å². The van der Waals surface area contributed by atoms with Gasteiger partial charge < -0.3 is 19.4 Å². The predicted octanol–water partition coefficient (Wildman–Crippen LogP) is 4.39. The molecule has 4 aliphatic heterocycles. The van der Waals surface area contributed by atoms with E-state index in [0.29, 0.717) is 24.4 Å². The number of nitrogens with zero attached hydrogens (tertiary/aromatic N) is 3. The van der Waals surface area contributed by atoms with Crippen molar-refractivity contribution < 1.29 is 15.8 Å². The number of amides is 2. The summed E-state index contributed by atoms with van der Waals surface area (Å²) in [6, 6.07) is 8.66. The maximum atomic E-state index is 13.1. The first-order valence-electron chi connectivity index (χ1n) is 11.9. The van der Waals surface area contributed by atoms with Crippen LogP contribution in [0.15, 0.2) is 24.3 Å². The van der Waals surface area contributed by atoms with Gasteiger partial charge in [0.05, 0.1) is 6.04 Å². The summed E-state index contributed by atoms with van der Waals surface area (Å²) in [5, 5.41) is 0. The van der Waals surface area contributed by atoms with Crippen LogP contribution in [0.25, 0.3) is 0 Å². The lowest BCUT2D eigenvalue weighted by atomic mass is 9.84. The molecule has 6 rings (SSSR count). The Hall–Kier alpha value is -2.24. The number of anilines is 1. The molecule has 0 radical (unpaired) electrons. The van der Waals surface area contributed by atoms with Crippen LogP contribution in [-0.2, 0) is 4.74 Å². The predicted molar refractivity (Wildman–Crippen MR) is 122 cm³/mol. The normalized spacial score (nSPS) is 30.0. The van der Waals surface area contributed by atoms with Gasteiger partial charge in [0.15, 0.2) is 0 Å². The molecule has 1 saturated carbocycles. The van der Waals surface area contributed by atoms with E-state index in [1.165, 1.54) is 25.7 Å². The van der Waals surface area contributed by atoms with Crippen LogP contribution in [-0.4, -0.2) is 65.7 Å². The van der Waals surface area contributed by atoms with Crippen LogP contribution >= 0.6 is 0 Å². The number of benzene rings is 1. The summed E-state index contributed by atoms with van der Waals surface area (Å²) in [4.78, 5) is 32.0. The Kier molecular flexibility index (Phi) is 5.14. The monoisotopic (exact) mass is 427 g/mol. The van der Waals surface area contributed by atoms with E-state index in [-0.39, 0.29) is 19.5 Å². The minimum atomic E-state index is -0.464. The lowest BCUT2D eigenvalue weighted by molar-refractivity contribution is 0.0214. The van der Waals surface area contributed by atoms with Crippen molar-refractivity contribution in [2.75, 3.05) is 31.1 Å². The zero-order chi connectivity index (χ0) is 21.8. The highest BCUT2D eigenvalue weighted by Gasteiger charge is 2.46. The molecule has 4 saturated heterocycles. The lowest BCUT2D eigenvalue weighted by Gasteiger charge is -2.36. The second kappa shape index (κ2) is 7.72. The zero-order valence-electron chi connectivity index (χ0n) is 19.0. The summed E-state index contributed by atoms with van der Waals surface area (Å²) < 4.78 is 5.57. The van der Waals surface area contributed by atoms with Gasteiger partial charge in [-0.2, -0.15) is 0 Å². The van der Waals surface area contributed by atoms with Crippen LogP contribution in [0.1, 0.15) is 64.7 Å². The minimum Gasteiger partial charge on any atom is -0.444 e. The summed E-state index contributed by atoms with van der Waals surface area (Å²) >= 11 is 0. The molecule has 6 nitrogen and oxygen atoms in total. The molecule has 0 aromatic heterocycles. The van der Waals surface area contributed by atoms with E-state index in [1.807, 2.05) is 37.8 Å². The summed E-state index contributed by atoms with van der Waals surface area (Å²) in [6.07, 6.45) is 5.91. The molecule has 31 heavy (non-hydrogen) atoms. The third-order valence-electron chi connectivity index (χ3n) is 7.53. The van der Waals surface area contributed by atoms with E-state index >= 15 is 0 Å². The van der Waals surface area contributed by atoms with Crippen LogP contribution < -0.4 is 4.90 Å². The van der Waals surface area contributed by atoms with Gasteiger partial charge in [0.25, 0.3) is 5.91 Å². The van der Waals surface area contributed by atoms with Crippen molar-refractivity contribution in [3.63, 3.8) is 0 Å². The van der Waals surface area contributed by atoms with Gasteiger partial charge in [-0.1, -0.05) is 0 Å². The molecule has 6 heteroatoms. The standard InChI is InChI=1S/C25H35N3O3.H2/c1-25(2,3)31-24(30)28-16-21-12-22(28)15-27(21)20-10-8-19(9-11-20)23(29)26-13-17-4-5-18(14-26)7-6-17;/h8-11,17-18,21-22H,4-7,12-16H2,1-3H3;1H/t17?,18?,21-,22?;/m0./s1. The molecule has 0 spiro atoms. The van der Waals surface area contributed by atoms with Crippen molar-refractivity contribution in [1.82, 2.24) is 9.80 Å². The van der Waals surface area contributed by atoms with Gasteiger partial charge in [0, 0.05) is 44.9 Å².